The molecule has 1 fully saturated rings. The number of aromatic nitrogens is 6. The Morgan fingerprint density at radius 1 is 0.968 bits per heavy atom. The maximum atomic E-state index is 5.98. The highest BCUT2D eigenvalue weighted by atomic mass is 15.3. The van der Waals surface area contributed by atoms with Crippen LogP contribution in [-0.4, -0.2) is 47.5 Å². The van der Waals surface area contributed by atoms with Crippen LogP contribution in [0.4, 0.5) is 17.6 Å². The van der Waals surface area contributed by atoms with Gasteiger partial charge < -0.3 is 11.1 Å². The van der Waals surface area contributed by atoms with Crippen LogP contribution in [0.15, 0.2) is 54.7 Å². The minimum Gasteiger partial charge on any atom is -0.368 e. The van der Waals surface area contributed by atoms with Crippen molar-refractivity contribution in [3.8, 4) is 0 Å². The Bertz CT molecular complexity index is 1170. The van der Waals surface area contributed by atoms with E-state index in [-0.39, 0.29) is 12.0 Å². The number of para-hydroxylation sites is 1. The van der Waals surface area contributed by atoms with E-state index in [0.717, 1.165) is 43.1 Å². The van der Waals surface area contributed by atoms with E-state index in [2.05, 4.69) is 46.7 Å². The first-order chi connectivity index (χ1) is 15.2. The number of hydrogen-bond donors (Lipinski definition) is 2. The van der Waals surface area contributed by atoms with Gasteiger partial charge in [-0.15, -0.1) is 10.2 Å². The average molecular weight is 416 g/mol. The largest absolute Gasteiger partial charge is 0.368 e. The normalized spacial score (nSPS) is 16.4. The molecule has 1 aromatic carbocycles. The van der Waals surface area contributed by atoms with Gasteiger partial charge in [0.05, 0.1) is 6.04 Å². The molecule has 1 saturated heterocycles. The van der Waals surface area contributed by atoms with Crippen LogP contribution >= 0.6 is 0 Å². The Morgan fingerprint density at radius 2 is 1.74 bits per heavy atom. The van der Waals surface area contributed by atoms with E-state index < -0.39 is 0 Å². The number of benzene rings is 1. The Hall–Kier alpha value is -3.59. The van der Waals surface area contributed by atoms with E-state index in [0.29, 0.717) is 17.7 Å². The van der Waals surface area contributed by atoms with Gasteiger partial charge in [-0.2, -0.15) is 15.0 Å². The lowest BCUT2D eigenvalue weighted by Crippen LogP contribution is -2.36. The minimum absolute atomic E-state index is 0.0396. The lowest BCUT2D eigenvalue weighted by atomic mass is 9.95. The summed E-state index contributed by atoms with van der Waals surface area (Å²) < 4.78 is 2.10. The van der Waals surface area contributed by atoms with Gasteiger partial charge in [-0.05, 0) is 57.1 Å². The van der Waals surface area contributed by atoms with Crippen LogP contribution in [0.2, 0.25) is 0 Å². The number of rotatable bonds is 5. The summed E-state index contributed by atoms with van der Waals surface area (Å²) in [6, 6.07) is 15.8. The number of nitrogens with two attached hydrogens (primary N) is 1. The smallest absolute Gasteiger partial charge is 0.232 e. The summed E-state index contributed by atoms with van der Waals surface area (Å²) in [5.41, 5.74) is 7.79. The second kappa shape index (κ2) is 8.27. The predicted octanol–water partition coefficient (Wildman–Crippen LogP) is 3.18. The van der Waals surface area contributed by atoms with Gasteiger partial charge in [0.15, 0.2) is 11.5 Å². The van der Waals surface area contributed by atoms with Gasteiger partial charge in [0.25, 0.3) is 0 Å². The average Bonchev–Trinajstić information content (AvgIpc) is 3.23. The van der Waals surface area contributed by atoms with Gasteiger partial charge in [-0.1, -0.05) is 24.3 Å². The predicted molar refractivity (Wildman–Crippen MR) is 119 cm³/mol. The van der Waals surface area contributed by atoms with Crippen molar-refractivity contribution in [1.82, 2.24) is 34.4 Å². The number of nitrogens with one attached hydrogen (secondary N) is 1. The summed E-state index contributed by atoms with van der Waals surface area (Å²) in [6.07, 6.45) is 4.06. The van der Waals surface area contributed by atoms with Crippen LogP contribution in [0.1, 0.15) is 43.4 Å². The number of nitrogens with zero attached hydrogens (tertiary/aromatic N) is 7. The van der Waals surface area contributed by atoms with Gasteiger partial charge >= 0.3 is 0 Å². The number of piperidine rings is 1. The highest BCUT2D eigenvalue weighted by Gasteiger charge is 2.28. The summed E-state index contributed by atoms with van der Waals surface area (Å²) in [4.78, 5) is 15.7. The number of anilines is 3. The second-order valence-corrected chi connectivity index (χ2v) is 7.84. The van der Waals surface area contributed by atoms with Crippen LogP contribution < -0.4 is 11.1 Å². The lowest BCUT2D eigenvalue weighted by Gasteiger charge is -2.34. The minimum atomic E-state index is 0.0396. The molecule has 0 aliphatic carbocycles. The van der Waals surface area contributed by atoms with Crippen LogP contribution in [0.5, 0.6) is 0 Å². The molecule has 0 saturated carbocycles. The van der Waals surface area contributed by atoms with Crippen molar-refractivity contribution in [2.45, 2.75) is 31.7 Å². The maximum absolute atomic E-state index is 5.98. The number of likely N-dealkylation sites (tertiary alicyclic amines) is 1. The van der Waals surface area contributed by atoms with Crippen LogP contribution in [-0.2, 0) is 0 Å². The molecule has 1 unspecified atom stereocenters. The molecule has 1 atom stereocenters. The van der Waals surface area contributed by atoms with E-state index in [4.69, 9.17) is 5.73 Å². The molecule has 0 radical (unpaired) electrons. The van der Waals surface area contributed by atoms with Gasteiger partial charge in [0, 0.05) is 17.8 Å². The molecule has 1 aliphatic heterocycles. The van der Waals surface area contributed by atoms with E-state index in [1.54, 1.807) is 0 Å². The summed E-state index contributed by atoms with van der Waals surface area (Å²) in [5.74, 6) is 2.80. The molecular formula is C22H25N9. The molecule has 0 bridgehead atoms. The molecular weight excluding hydrogens is 390 g/mol. The summed E-state index contributed by atoms with van der Waals surface area (Å²) in [7, 11) is 0. The highest BCUT2D eigenvalue weighted by Crippen LogP contribution is 2.31. The zero-order chi connectivity index (χ0) is 21.2. The molecule has 3 aromatic heterocycles. The number of fused-ring (bicyclic) bond motifs is 1. The van der Waals surface area contributed by atoms with Crippen LogP contribution in [0.3, 0.4) is 0 Å². The highest BCUT2D eigenvalue weighted by molar-refractivity contribution is 5.53. The second-order valence-electron chi connectivity index (χ2n) is 7.84. The van der Waals surface area contributed by atoms with Gasteiger partial charge in [0.1, 0.15) is 5.82 Å². The third-order valence-electron chi connectivity index (χ3n) is 5.86. The van der Waals surface area contributed by atoms with Gasteiger partial charge in [-0.25, -0.2) is 0 Å². The fourth-order valence-electron chi connectivity index (χ4n) is 4.15. The van der Waals surface area contributed by atoms with Crippen molar-refractivity contribution in [1.29, 1.82) is 0 Å². The molecule has 9 heteroatoms. The fourth-order valence-corrected chi connectivity index (χ4v) is 4.15. The van der Waals surface area contributed by atoms with Gasteiger partial charge in [-0.3, -0.25) is 9.30 Å². The molecule has 0 spiro atoms. The molecule has 0 amide bonds. The lowest BCUT2D eigenvalue weighted by molar-refractivity contribution is 0.154. The Morgan fingerprint density at radius 3 is 2.55 bits per heavy atom. The van der Waals surface area contributed by atoms with Crippen molar-refractivity contribution in [3.63, 3.8) is 0 Å². The van der Waals surface area contributed by atoms with Crippen molar-refractivity contribution in [2.75, 3.05) is 24.1 Å². The van der Waals surface area contributed by atoms with Crippen molar-refractivity contribution >= 4 is 23.2 Å². The first-order valence-electron chi connectivity index (χ1n) is 10.5. The zero-order valence-corrected chi connectivity index (χ0v) is 17.4. The Labute approximate surface area is 180 Å². The van der Waals surface area contributed by atoms with E-state index in [1.807, 2.05) is 54.7 Å². The first kappa shape index (κ1) is 19.4. The standard InChI is InChI=1S/C22H25N9/c1-15(19-25-21(23)27-22(26-19)24-17-7-3-2-4-8-17)30-13-10-16(11-14-30)20-29-28-18-9-5-6-12-31(18)20/h2-9,12,15-16H,10-11,13-14H2,1H3,(H3,23,24,25,26,27). The Kier molecular flexibility index (Phi) is 5.17. The third-order valence-corrected chi connectivity index (χ3v) is 5.86. The molecule has 158 valence electrons. The Balaban J connectivity index is 1.28. The summed E-state index contributed by atoms with van der Waals surface area (Å²) in [5, 5.41) is 12.0. The molecule has 4 aromatic rings. The topological polar surface area (TPSA) is 110 Å². The first-order valence-corrected chi connectivity index (χ1v) is 10.5. The van der Waals surface area contributed by atoms with Crippen molar-refractivity contribution in [3.05, 3.63) is 66.4 Å². The molecule has 4 heterocycles. The molecule has 5 rings (SSSR count). The van der Waals surface area contributed by atoms with E-state index in [9.17, 15) is 0 Å². The zero-order valence-electron chi connectivity index (χ0n) is 17.4. The van der Waals surface area contributed by atoms with Crippen LogP contribution in [0.25, 0.3) is 5.65 Å². The maximum Gasteiger partial charge on any atom is 0.232 e. The molecule has 31 heavy (non-hydrogen) atoms. The SMILES string of the molecule is CC(c1nc(N)nc(Nc2ccccc2)n1)N1CCC(c2nnc3ccccn23)CC1. The molecule has 9 nitrogen and oxygen atoms in total. The fraction of sp³-hybridized carbons (Fsp3) is 0.318. The van der Waals surface area contributed by atoms with Crippen LogP contribution in [0, 0.1) is 0 Å². The number of pyridine rings is 1. The summed E-state index contributed by atoms with van der Waals surface area (Å²) >= 11 is 0. The summed E-state index contributed by atoms with van der Waals surface area (Å²) in [6.45, 7) is 3.98. The van der Waals surface area contributed by atoms with Crippen molar-refractivity contribution in [2.24, 2.45) is 0 Å². The quantitative estimate of drug-likeness (QED) is 0.511. The monoisotopic (exact) mass is 415 g/mol. The van der Waals surface area contributed by atoms with E-state index >= 15 is 0 Å². The van der Waals surface area contributed by atoms with E-state index in [1.165, 1.54) is 0 Å². The molecule has 3 N–H and O–H groups in total. The number of hydrogen-bond acceptors (Lipinski definition) is 8. The van der Waals surface area contributed by atoms with Crippen molar-refractivity contribution < 1.29 is 0 Å². The number of nitrogen functional groups attached to an aromatic ring is 1. The van der Waals surface area contributed by atoms with Gasteiger partial charge in [0.2, 0.25) is 11.9 Å². The molecule has 1 aliphatic rings. The third kappa shape index (κ3) is 4.04.